The van der Waals surface area contributed by atoms with Gasteiger partial charge in [0.05, 0.1) is 0 Å². The van der Waals surface area contributed by atoms with Gasteiger partial charge in [-0.3, -0.25) is 9.59 Å². The zero-order chi connectivity index (χ0) is 16.4. The van der Waals surface area contributed by atoms with Crippen LogP contribution in [0.4, 0.5) is 15.8 Å². The molecule has 0 aliphatic heterocycles. The monoisotopic (exact) mass is 332 g/mol. The predicted molar refractivity (Wildman–Crippen MR) is 86.8 cm³/mol. The fourth-order valence-electron chi connectivity index (χ4n) is 2.28. The van der Waals surface area contributed by atoms with E-state index in [1.165, 1.54) is 18.2 Å². The topological polar surface area (TPSA) is 58.2 Å². The van der Waals surface area contributed by atoms with Crippen LogP contribution in [0, 0.1) is 11.2 Å². The summed E-state index contributed by atoms with van der Waals surface area (Å²) in [5.74, 6) is -1.23. The van der Waals surface area contributed by atoms with Crippen molar-refractivity contribution in [3.05, 3.63) is 59.4 Å². The van der Waals surface area contributed by atoms with Crippen molar-refractivity contribution in [1.82, 2.24) is 0 Å². The Balaban J connectivity index is 1.69. The Morgan fingerprint density at radius 3 is 2.13 bits per heavy atom. The van der Waals surface area contributed by atoms with E-state index in [2.05, 4.69) is 10.6 Å². The number of hydrogen-bond acceptors (Lipinski definition) is 2. The Labute approximate surface area is 137 Å². The first-order valence-electron chi connectivity index (χ1n) is 7.14. The largest absolute Gasteiger partial charge is 0.325 e. The van der Waals surface area contributed by atoms with Gasteiger partial charge >= 0.3 is 0 Å². The molecule has 2 aromatic carbocycles. The highest BCUT2D eigenvalue weighted by Gasteiger charge is 2.56. The van der Waals surface area contributed by atoms with Gasteiger partial charge in [-0.05, 0) is 55.3 Å². The third-order valence-electron chi connectivity index (χ3n) is 3.80. The number of benzene rings is 2. The van der Waals surface area contributed by atoms with Gasteiger partial charge in [0.2, 0.25) is 11.8 Å². The molecule has 0 heterocycles. The number of rotatable bonds is 4. The quantitative estimate of drug-likeness (QED) is 0.836. The van der Waals surface area contributed by atoms with Gasteiger partial charge in [0.25, 0.3) is 0 Å². The van der Waals surface area contributed by atoms with Crippen LogP contribution in [0.15, 0.2) is 48.5 Å². The molecule has 4 nitrogen and oxygen atoms in total. The molecule has 23 heavy (non-hydrogen) atoms. The number of anilines is 2. The lowest BCUT2D eigenvalue weighted by Crippen LogP contribution is -2.35. The molecule has 0 atom stereocenters. The molecular formula is C17H14ClFN2O2. The maximum Gasteiger partial charge on any atom is 0.240 e. The molecule has 1 aliphatic rings. The second kappa shape index (κ2) is 6.01. The van der Waals surface area contributed by atoms with E-state index in [-0.39, 0.29) is 5.91 Å². The minimum Gasteiger partial charge on any atom is -0.325 e. The molecular weight excluding hydrogens is 319 g/mol. The summed E-state index contributed by atoms with van der Waals surface area (Å²) in [6, 6.07) is 12.2. The summed E-state index contributed by atoms with van der Waals surface area (Å²) in [5.41, 5.74) is -0.184. The summed E-state index contributed by atoms with van der Waals surface area (Å²) in [6.45, 7) is 0. The minimum absolute atomic E-state index is 0.334. The van der Waals surface area contributed by atoms with Crippen LogP contribution >= 0.6 is 11.6 Å². The standard InChI is InChI=1S/C17H14ClFN2O2/c18-11-4-6-13(7-5-11)20-15(22)17(8-9-17)16(23)21-14-3-1-2-12(19)10-14/h1-7,10H,8-9H2,(H,20,22)(H,21,23). The van der Waals surface area contributed by atoms with Crippen LogP contribution < -0.4 is 10.6 Å². The fourth-order valence-corrected chi connectivity index (χ4v) is 2.41. The van der Waals surface area contributed by atoms with Crippen molar-refractivity contribution >= 4 is 34.8 Å². The molecule has 6 heteroatoms. The highest BCUT2D eigenvalue weighted by Crippen LogP contribution is 2.47. The molecule has 3 rings (SSSR count). The first-order chi connectivity index (χ1) is 11.0. The van der Waals surface area contributed by atoms with Gasteiger partial charge in [-0.1, -0.05) is 17.7 Å². The zero-order valence-electron chi connectivity index (χ0n) is 12.1. The smallest absolute Gasteiger partial charge is 0.240 e. The number of halogens is 2. The first kappa shape index (κ1) is 15.5. The SMILES string of the molecule is O=C(Nc1ccc(Cl)cc1)C1(C(=O)Nc2cccc(F)c2)CC1. The summed E-state index contributed by atoms with van der Waals surface area (Å²) < 4.78 is 13.2. The molecule has 118 valence electrons. The van der Waals surface area contributed by atoms with Gasteiger partial charge in [0.1, 0.15) is 11.2 Å². The molecule has 1 fully saturated rings. The third kappa shape index (κ3) is 3.35. The zero-order valence-corrected chi connectivity index (χ0v) is 12.9. The molecule has 0 saturated heterocycles. The van der Waals surface area contributed by atoms with E-state index in [0.717, 1.165) is 0 Å². The molecule has 0 unspecified atom stereocenters. The van der Waals surface area contributed by atoms with E-state index in [1.807, 2.05) is 0 Å². The Kier molecular flexibility index (Phi) is 4.05. The highest BCUT2D eigenvalue weighted by molar-refractivity contribution is 6.30. The number of hydrogen-bond donors (Lipinski definition) is 2. The summed E-state index contributed by atoms with van der Waals surface area (Å²) in [6.07, 6.45) is 0.932. The van der Waals surface area contributed by atoms with Crippen molar-refractivity contribution in [2.24, 2.45) is 5.41 Å². The summed E-state index contributed by atoms with van der Waals surface area (Å²) in [7, 11) is 0. The Morgan fingerprint density at radius 1 is 0.957 bits per heavy atom. The minimum atomic E-state index is -1.09. The second-order valence-electron chi connectivity index (χ2n) is 5.51. The van der Waals surface area contributed by atoms with Gasteiger partial charge in [-0.15, -0.1) is 0 Å². The van der Waals surface area contributed by atoms with Gasteiger partial charge in [0, 0.05) is 16.4 Å². The van der Waals surface area contributed by atoms with Crippen molar-refractivity contribution in [2.45, 2.75) is 12.8 Å². The lowest BCUT2D eigenvalue weighted by molar-refractivity contribution is -0.131. The van der Waals surface area contributed by atoms with E-state index < -0.39 is 17.1 Å². The lowest BCUT2D eigenvalue weighted by Gasteiger charge is -2.15. The van der Waals surface area contributed by atoms with Crippen LogP contribution in [-0.4, -0.2) is 11.8 Å². The van der Waals surface area contributed by atoms with Gasteiger partial charge in [-0.2, -0.15) is 0 Å². The van der Waals surface area contributed by atoms with Crippen molar-refractivity contribution in [3.63, 3.8) is 0 Å². The van der Waals surface area contributed by atoms with Crippen LogP contribution in [0.2, 0.25) is 5.02 Å². The Hall–Kier alpha value is -2.40. The molecule has 2 aromatic rings. The molecule has 0 aromatic heterocycles. The van der Waals surface area contributed by atoms with Crippen molar-refractivity contribution in [1.29, 1.82) is 0 Å². The van der Waals surface area contributed by atoms with Crippen LogP contribution in [0.3, 0.4) is 0 Å². The summed E-state index contributed by atoms with van der Waals surface area (Å²) >= 11 is 5.80. The van der Waals surface area contributed by atoms with Crippen molar-refractivity contribution < 1.29 is 14.0 Å². The normalized spacial score (nSPS) is 14.9. The van der Waals surface area contributed by atoms with Crippen LogP contribution in [-0.2, 0) is 9.59 Å². The van der Waals surface area contributed by atoms with E-state index in [4.69, 9.17) is 11.6 Å². The average molecular weight is 333 g/mol. The van der Waals surface area contributed by atoms with Crippen LogP contribution in [0.1, 0.15) is 12.8 Å². The molecule has 0 bridgehead atoms. The average Bonchev–Trinajstić information content (AvgIpc) is 3.31. The van der Waals surface area contributed by atoms with E-state index in [0.29, 0.717) is 29.2 Å². The molecule has 1 aliphatic carbocycles. The van der Waals surface area contributed by atoms with Gasteiger partial charge < -0.3 is 10.6 Å². The maximum atomic E-state index is 13.2. The van der Waals surface area contributed by atoms with Crippen LogP contribution in [0.5, 0.6) is 0 Å². The summed E-state index contributed by atoms with van der Waals surface area (Å²) in [5, 5.41) is 5.88. The van der Waals surface area contributed by atoms with E-state index in [1.54, 1.807) is 30.3 Å². The molecule has 1 saturated carbocycles. The first-order valence-corrected chi connectivity index (χ1v) is 7.51. The highest BCUT2D eigenvalue weighted by atomic mass is 35.5. The van der Waals surface area contributed by atoms with Crippen molar-refractivity contribution in [2.75, 3.05) is 10.6 Å². The van der Waals surface area contributed by atoms with Crippen molar-refractivity contribution in [3.8, 4) is 0 Å². The Morgan fingerprint density at radius 2 is 1.57 bits per heavy atom. The number of carbonyl (C=O) groups is 2. The molecule has 0 spiro atoms. The van der Waals surface area contributed by atoms with E-state index >= 15 is 0 Å². The predicted octanol–water partition coefficient (Wildman–Crippen LogP) is 3.84. The third-order valence-corrected chi connectivity index (χ3v) is 4.06. The van der Waals surface area contributed by atoms with E-state index in [9.17, 15) is 14.0 Å². The fraction of sp³-hybridized carbons (Fsp3) is 0.176. The summed E-state index contributed by atoms with van der Waals surface area (Å²) in [4.78, 5) is 24.8. The second-order valence-corrected chi connectivity index (χ2v) is 5.94. The number of nitrogens with one attached hydrogen (secondary N) is 2. The molecule has 2 amide bonds. The molecule has 2 N–H and O–H groups in total. The Bertz CT molecular complexity index is 757. The van der Waals surface area contributed by atoms with Gasteiger partial charge in [-0.25, -0.2) is 4.39 Å². The van der Waals surface area contributed by atoms with Crippen LogP contribution in [0.25, 0.3) is 0 Å². The number of amides is 2. The number of carbonyl (C=O) groups excluding carboxylic acids is 2. The lowest BCUT2D eigenvalue weighted by atomic mass is 10.0. The molecule has 0 radical (unpaired) electrons. The maximum absolute atomic E-state index is 13.2. The van der Waals surface area contributed by atoms with Gasteiger partial charge in [0.15, 0.2) is 0 Å².